The van der Waals surface area contributed by atoms with Crippen LogP contribution in [0.25, 0.3) is 0 Å². The highest BCUT2D eigenvalue weighted by Crippen LogP contribution is 2.28. The van der Waals surface area contributed by atoms with Crippen molar-refractivity contribution in [3.8, 4) is 0 Å². The van der Waals surface area contributed by atoms with E-state index in [9.17, 15) is 4.39 Å². The van der Waals surface area contributed by atoms with E-state index >= 15 is 0 Å². The van der Waals surface area contributed by atoms with E-state index in [0.717, 1.165) is 23.5 Å². The van der Waals surface area contributed by atoms with Gasteiger partial charge in [0.05, 0.1) is 0 Å². The van der Waals surface area contributed by atoms with Crippen LogP contribution < -0.4 is 5.73 Å². The number of nitrogens with zero attached hydrogens (tertiary/aromatic N) is 2. The summed E-state index contributed by atoms with van der Waals surface area (Å²) in [5.74, 6) is 0.488. The second kappa shape index (κ2) is 5.45. The highest BCUT2D eigenvalue weighted by molar-refractivity contribution is 5.31. The molecule has 2 N–H and O–H groups in total. The molecule has 0 unspecified atom stereocenters. The number of aromatic nitrogens is 2. The van der Waals surface area contributed by atoms with E-state index in [-0.39, 0.29) is 11.2 Å². The van der Waals surface area contributed by atoms with Crippen molar-refractivity contribution in [2.45, 2.75) is 25.7 Å². The molecular formula is C15H18FN3. The number of rotatable bonds is 4. The maximum Gasteiger partial charge on any atom is 0.138 e. The van der Waals surface area contributed by atoms with Gasteiger partial charge in [0.25, 0.3) is 0 Å². The Balaban J connectivity index is 2.37. The largest absolute Gasteiger partial charge is 0.330 e. The van der Waals surface area contributed by atoms with Gasteiger partial charge in [-0.05, 0) is 44.2 Å². The molecule has 0 fully saturated rings. The van der Waals surface area contributed by atoms with Gasteiger partial charge in [-0.1, -0.05) is 12.1 Å². The normalized spacial score (nSPS) is 11.6. The molecule has 0 aliphatic carbocycles. The third-order valence-corrected chi connectivity index (χ3v) is 3.24. The van der Waals surface area contributed by atoms with Crippen molar-refractivity contribution in [1.82, 2.24) is 9.97 Å². The molecule has 0 saturated carbocycles. The van der Waals surface area contributed by atoms with Crippen LogP contribution in [0.5, 0.6) is 0 Å². The topological polar surface area (TPSA) is 51.8 Å². The molecule has 4 heteroatoms. The summed E-state index contributed by atoms with van der Waals surface area (Å²) in [6.07, 6.45) is 2.48. The predicted octanol–water partition coefficient (Wildman–Crippen LogP) is 2.44. The fourth-order valence-electron chi connectivity index (χ4n) is 1.98. The lowest BCUT2D eigenvalue weighted by atomic mass is 9.83. The molecule has 0 atom stereocenters. The molecular weight excluding hydrogens is 241 g/mol. The second-order valence-electron chi connectivity index (χ2n) is 5.04. The first-order chi connectivity index (χ1) is 9.04. The molecule has 0 bridgehead atoms. The van der Waals surface area contributed by atoms with Crippen LogP contribution in [0.2, 0.25) is 0 Å². The Morgan fingerprint density at radius 2 is 1.84 bits per heavy atom. The molecule has 0 aliphatic rings. The Kier molecular flexibility index (Phi) is 3.90. The molecule has 1 heterocycles. The van der Waals surface area contributed by atoms with Crippen molar-refractivity contribution in [2.75, 3.05) is 6.54 Å². The Labute approximate surface area is 112 Å². The number of hydrogen-bond acceptors (Lipinski definition) is 3. The van der Waals surface area contributed by atoms with E-state index in [4.69, 9.17) is 5.73 Å². The number of halogens is 1. The minimum Gasteiger partial charge on any atom is -0.330 e. The van der Waals surface area contributed by atoms with Crippen molar-refractivity contribution in [1.29, 1.82) is 0 Å². The first kappa shape index (κ1) is 13.6. The summed E-state index contributed by atoms with van der Waals surface area (Å²) in [6.45, 7) is 4.62. The zero-order chi connectivity index (χ0) is 13.9. The zero-order valence-electron chi connectivity index (χ0n) is 11.2. The van der Waals surface area contributed by atoms with Gasteiger partial charge in [-0.15, -0.1) is 0 Å². The van der Waals surface area contributed by atoms with Gasteiger partial charge >= 0.3 is 0 Å². The summed E-state index contributed by atoms with van der Waals surface area (Å²) in [7, 11) is 0. The molecule has 19 heavy (non-hydrogen) atoms. The molecule has 0 aliphatic heterocycles. The summed E-state index contributed by atoms with van der Waals surface area (Å²) < 4.78 is 13.0. The molecule has 0 radical (unpaired) electrons. The number of benzene rings is 1. The van der Waals surface area contributed by atoms with E-state index < -0.39 is 0 Å². The van der Waals surface area contributed by atoms with Crippen molar-refractivity contribution in [3.63, 3.8) is 0 Å². The van der Waals surface area contributed by atoms with Gasteiger partial charge in [-0.2, -0.15) is 0 Å². The van der Waals surface area contributed by atoms with E-state index in [0.29, 0.717) is 6.54 Å². The van der Waals surface area contributed by atoms with Crippen LogP contribution in [0, 0.1) is 5.82 Å². The van der Waals surface area contributed by atoms with Crippen molar-refractivity contribution < 1.29 is 4.39 Å². The Bertz CT molecular complexity index is 550. The van der Waals surface area contributed by atoms with Crippen LogP contribution in [0.15, 0.2) is 36.5 Å². The monoisotopic (exact) mass is 259 g/mol. The van der Waals surface area contributed by atoms with Gasteiger partial charge in [-0.3, -0.25) is 0 Å². The van der Waals surface area contributed by atoms with Crippen LogP contribution in [0.3, 0.4) is 0 Å². The maximum atomic E-state index is 13.0. The van der Waals surface area contributed by atoms with Crippen LogP contribution in [0.1, 0.15) is 30.9 Å². The summed E-state index contributed by atoms with van der Waals surface area (Å²) in [4.78, 5) is 8.89. The third-order valence-electron chi connectivity index (χ3n) is 3.24. The van der Waals surface area contributed by atoms with Crippen molar-refractivity contribution >= 4 is 0 Å². The highest BCUT2D eigenvalue weighted by atomic mass is 19.1. The fraction of sp³-hybridized carbons (Fsp3) is 0.333. The standard InChI is InChI=1S/C15H18FN3/c1-15(2,11-3-5-12(16)6-4-11)14-18-10-8-13(19-14)7-9-17/h3-6,8,10H,7,9,17H2,1-2H3. The van der Waals surface area contributed by atoms with Crippen LogP contribution in [0.4, 0.5) is 4.39 Å². The number of nitrogens with two attached hydrogens (primary N) is 1. The number of hydrogen-bond donors (Lipinski definition) is 1. The average Bonchev–Trinajstić information content (AvgIpc) is 2.40. The first-order valence-corrected chi connectivity index (χ1v) is 6.32. The first-order valence-electron chi connectivity index (χ1n) is 6.32. The Morgan fingerprint density at radius 1 is 1.16 bits per heavy atom. The zero-order valence-corrected chi connectivity index (χ0v) is 11.2. The average molecular weight is 259 g/mol. The summed E-state index contributed by atoms with van der Waals surface area (Å²) in [6, 6.07) is 8.33. The van der Waals surface area contributed by atoms with Gasteiger partial charge in [0, 0.05) is 23.7 Å². The van der Waals surface area contributed by atoms with Gasteiger partial charge in [0.1, 0.15) is 11.6 Å². The molecule has 1 aromatic carbocycles. The molecule has 2 aromatic rings. The maximum absolute atomic E-state index is 13.0. The van der Waals surface area contributed by atoms with E-state index in [1.807, 2.05) is 19.9 Å². The summed E-state index contributed by atoms with van der Waals surface area (Å²) in [5, 5.41) is 0. The van der Waals surface area contributed by atoms with E-state index in [1.165, 1.54) is 12.1 Å². The summed E-state index contributed by atoms with van der Waals surface area (Å²) >= 11 is 0. The molecule has 2 rings (SSSR count). The van der Waals surface area contributed by atoms with Crippen LogP contribution >= 0.6 is 0 Å². The van der Waals surface area contributed by atoms with Crippen LogP contribution in [-0.2, 0) is 11.8 Å². The molecule has 1 aromatic heterocycles. The van der Waals surface area contributed by atoms with Crippen LogP contribution in [-0.4, -0.2) is 16.5 Å². The van der Waals surface area contributed by atoms with Gasteiger partial charge in [-0.25, -0.2) is 14.4 Å². The fourth-order valence-corrected chi connectivity index (χ4v) is 1.98. The van der Waals surface area contributed by atoms with Gasteiger partial charge in [0.15, 0.2) is 0 Å². The molecule has 0 amide bonds. The van der Waals surface area contributed by atoms with E-state index in [1.54, 1.807) is 18.3 Å². The summed E-state index contributed by atoms with van der Waals surface area (Å²) in [5.41, 5.74) is 7.10. The lowest BCUT2D eigenvalue weighted by Crippen LogP contribution is -2.23. The predicted molar refractivity (Wildman–Crippen MR) is 73.3 cm³/mol. The smallest absolute Gasteiger partial charge is 0.138 e. The quantitative estimate of drug-likeness (QED) is 0.917. The third kappa shape index (κ3) is 2.96. The Hall–Kier alpha value is -1.81. The molecule has 100 valence electrons. The van der Waals surface area contributed by atoms with Crippen molar-refractivity contribution in [3.05, 3.63) is 59.4 Å². The van der Waals surface area contributed by atoms with Gasteiger partial charge in [0.2, 0.25) is 0 Å². The lowest BCUT2D eigenvalue weighted by molar-refractivity contribution is 0.578. The lowest BCUT2D eigenvalue weighted by Gasteiger charge is -2.24. The molecule has 0 saturated heterocycles. The van der Waals surface area contributed by atoms with Crippen molar-refractivity contribution in [2.24, 2.45) is 5.73 Å². The molecule has 3 nitrogen and oxygen atoms in total. The highest BCUT2D eigenvalue weighted by Gasteiger charge is 2.26. The minimum atomic E-state index is -0.363. The second-order valence-corrected chi connectivity index (χ2v) is 5.04. The molecule has 0 spiro atoms. The minimum absolute atomic E-state index is 0.239. The van der Waals surface area contributed by atoms with Gasteiger partial charge < -0.3 is 5.73 Å². The Morgan fingerprint density at radius 3 is 2.47 bits per heavy atom. The SMILES string of the molecule is CC(C)(c1ccc(F)cc1)c1nccc(CCN)n1. The van der Waals surface area contributed by atoms with E-state index in [2.05, 4.69) is 9.97 Å².